The van der Waals surface area contributed by atoms with Gasteiger partial charge in [0.25, 0.3) is 0 Å². The first-order valence-electron chi connectivity index (χ1n) is 5.47. The number of aliphatic hydroxyl groups is 1. The van der Waals surface area contributed by atoms with Gasteiger partial charge < -0.3 is 10.0 Å². The predicted molar refractivity (Wildman–Crippen MR) is 57.1 cm³/mol. The van der Waals surface area contributed by atoms with E-state index in [0.29, 0.717) is 17.9 Å². The molecular weight excluding hydrogens is 212 g/mol. The first kappa shape index (κ1) is 11.5. The number of benzene rings is 1. The molecule has 0 unspecified atom stereocenters. The first-order chi connectivity index (χ1) is 7.70. The molecule has 16 heavy (non-hydrogen) atoms. The van der Waals surface area contributed by atoms with Gasteiger partial charge in [0.05, 0.1) is 0 Å². The molecule has 1 saturated heterocycles. The van der Waals surface area contributed by atoms with Gasteiger partial charge in [-0.2, -0.15) is 0 Å². The van der Waals surface area contributed by atoms with Crippen LogP contribution in [0.5, 0.6) is 0 Å². The Balaban J connectivity index is 1.84. The van der Waals surface area contributed by atoms with Gasteiger partial charge in [0.15, 0.2) is 11.6 Å². The van der Waals surface area contributed by atoms with E-state index in [0.717, 1.165) is 25.7 Å². The van der Waals surface area contributed by atoms with Crippen LogP contribution in [0.3, 0.4) is 0 Å². The molecule has 1 heterocycles. The monoisotopic (exact) mass is 227 g/mol. The highest BCUT2D eigenvalue weighted by Gasteiger charge is 2.25. The van der Waals surface area contributed by atoms with E-state index in [1.807, 2.05) is 0 Å². The third-order valence-corrected chi connectivity index (χ3v) is 3.02. The third kappa shape index (κ3) is 2.39. The van der Waals surface area contributed by atoms with Crippen molar-refractivity contribution in [1.82, 2.24) is 4.90 Å². The average molecular weight is 227 g/mol. The lowest BCUT2D eigenvalue weighted by Crippen LogP contribution is -2.48. The molecule has 88 valence electrons. The van der Waals surface area contributed by atoms with E-state index in [-0.39, 0.29) is 6.61 Å². The largest absolute Gasteiger partial charge is 0.396 e. The summed E-state index contributed by atoms with van der Waals surface area (Å²) in [5, 5.41) is 8.83. The fourth-order valence-corrected chi connectivity index (χ4v) is 1.99. The van der Waals surface area contributed by atoms with Crippen molar-refractivity contribution in [2.24, 2.45) is 5.92 Å². The Hall–Kier alpha value is -1.00. The molecule has 1 aliphatic rings. The van der Waals surface area contributed by atoms with E-state index in [4.69, 9.17) is 5.11 Å². The van der Waals surface area contributed by atoms with Gasteiger partial charge in [-0.3, -0.25) is 0 Å². The Morgan fingerprint density at radius 2 is 2.06 bits per heavy atom. The SMILES string of the molecule is OCC1CN(CCc2cccc(F)c2F)C1. The quantitative estimate of drug-likeness (QED) is 0.841. The number of rotatable bonds is 4. The molecule has 0 aromatic heterocycles. The Morgan fingerprint density at radius 1 is 1.31 bits per heavy atom. The highest BCUT2D eigenvalue weighted by Crippen LogP contribution is 2.17. The molecule has 0 atom stereocenters. The summed E-state index contributed by atoms with van der Waals surface area (Å²) in [6.07, 6.45) is 0.516. The highest BCUT2D eigenvalue weighted by molar-refractivity contribution is 5.19. The second kappa shape index (κ2) is 4.89. The Bertz CT molecular complexity index is 364. The minimum Gasteiger partial charge on any atom is -0.396 e. The minimum absolute atomic E-state index is 0.213. The van der Waals surface area contributed by atoms with Crippen LogP contribution in [0.2, 0.25) is 0 Å². The number of aliphatic hydroxyl groups excluding tert-OH is 1. The van der Waals surface area contributed by atoms with Crippen LogP contribution >= 0.6 is 0 Å². The van der Waals surface area contributed by atoms with Gasteiger partial charge in [0.1, 0.15) is 0 Å². The maximum atomic E-state index is 13.3. The topological polar surface area (TPSA) is 23.5 Å². The van der Waals surface area contributed by atoms with Crippen LogP contribution in [0.15, 0.2) is 18.2 Å². The number of nitrogens with zero attached hydrogens (tertiary/aromatic N) is 1. The lowest BCUT2D eigenvalue weighted by atomic mass is 10.0. The molecule has 0 amide bonds. The number of hydrogen-bond donors (Lipinski definition) is 1. The molecule has 4 heteroatoms. The average Bonchev–Trinajstić information content (AvgIpc) is 2.22. The zero-order valence-corrected chi connectivity index (χ0v) is 9.00. The third-order valence-electron chi connectivity index (χ3n) is 3.02. The fourth-order valence-electron chi connectivity index (χ4n) is 1.99. The van der Waals surface area contributed by atoms with Crippen LogP contribution in [-0.2, 0) is 6.42 Å². The summed E-state index contributed by atoms with van der Waals surface area (Å²) in [7, 11) is 0. The Morgan fingerprint density at radius 3 is 2.75 bits per heavy atom. The summed E-state index contributed by atoms with van der Waals surface area (Å²) in [5.74, 6) is -1.16. The van der Waals surface area contributed by atoms with Crippen LogP contribution in [0.1, 0.15) is 5.56 Å². The summed E-state index contributed by atoms with van der Waals surface area (Å²) in [6.45, 7) is 2.64. The summed E-state index contributed by atoms with van der Waals surface area (Å²) in [6, 6.07) is 4.27. The molecule has 1 aliphatic heterocycles. The van der Waals surface area contributed by atoms with Crippen LogP contribution in [0.4, 0.5) is 8.78 Å². The van der Waals surface area contributed by atoms with Crippen LogP contribution in [-0.4, -0.2) is 36.2 Å². The normalized spacial score (nSPS) is 17.4. The molecule has 1 N–H and O–H groups in total. The molecule has 0 spiro atoms. The van der Waals surface area contributed by atoms with Gasteiger partial charge in [-0.1, -0.05) is 12.1 Å². The van der Waals surface area contributed by atoms with Crippen molar-refractivity contribution in [1.29, 1.82) is 0 Å². The predicted octanol–water partition coefficient (Wildman–Crippen LogP) is 1.43. The van der Waals surface area contributed by atoms with Crippen molar-refractivity contribution >= 4 is 0 Å². The van der Waals surface area contributed by atoms with Crippen molar-refractivity contribution < 1.29 is 13.9 Å². The molecule has 2 nitrogen and oxygen atoms in total. The van der Waals surface area contributed by atoms with E-state index in [1.54, 1.807) is 6.07 Å². The maximum Gasteiger partial charge on any atom is 0.162 e. The molecule has 1 aromatic carbocycles. The molecule has 2 rings (SSSR count). The maximum absolute atomic E-state index is 13.3. The lowest BCUT2D eigenvalue weighted by Gasteiger charge is -2.38. The summed E-state index contributed by atoms with van der Waals surface area (Å²) < 4.78 is 26.2. The molecule has 1 fully saturated rings. The van der Waals surface area contributed by atoms with Gasteiger partial charge in [-0.25, -0.2) is 8.78 Å². The standard InChI is InChI=1S/C12H15F2NO/c13-11-3-1-2-10(12(11)14)4-5-15-6-9(7-15)8-16/h1-3,9,16H,4-8H2. The van der Waals surface area contributed by atoms with E-state index >= 15 is 0 Å². The fraction of sp³-hybridized carbons (Fsp3) is 0.500. The van der Waals surface area contributed by atoms with Gasteiger partial charge >= 0.3 is 0 Å². The summed E-state index contributed by atoms with van der Waals surface area (Å²) in [4.78, 5) is 2.13. The number of halogens is 2. The van der Waals surface area contributed by atoms with Crippen LogP contribution in [0, 0.1) is 17.6 Å². The summed E-state index contributed by atoms with van der Waals surface area (Å²) >= 11 is 0. The highest BCUT2D eigenvalue weighted by atomic mass is 19.2. The second-order valence-corrected chi connectivity index (χ2v) is 4.27. The van der Waals surface area contributed by atoms with Crippen molar-refractivity contribution in [3.8, 4) is 0 Å². The molecule has 0 radical (unpaired) electrons. The van der Waals surface area contributed by atoms with Crippen molar-refractivity contribution in [3.63, 3.8) is 0 Å². The van der Waals surface area contributed by atoms with Gasteiger partial charge in [0, 0.05) is 32.2 Å². The molecule has 1 aromatic rings. The minimum atomic E-state index is -0.783. The van der Waals surface area contributed by atoms with Crippen LogP contribution < -0.4 is 0 Å². The lowest BCUT2D eigenvalue weighted by molar-refractivity contribution is 0.0549. The molecular formula is C12H15F2NO. The Labute approximate surface area is 93.5 Å². The number of hydrogen-bond acceptors (Lipinski definition) is 2. The molecule has 0 aliphatic carbocycles. The zero-order chi connectivity index (χ0) is 11.5. The van der Waals surface area contributed by atoms with E-state index in [9.17, 15) is 8.78 Å². The second-order valence-electron chi connectivity index (χ2n) is 4.27. The van der Waals surface area contributed by atoms with E-state index in [2.05, 4.69) is 4.90 Å². The van der Waals surface area contributed by atoms with Crippen molar-refractivity contribution in [2.75, 3.05) is 26.2 Å². The van der Waals surface area contributed by atoms with Gasteiger partial charge in [-0.15, -0.1) is 0 Å². The van der Waals surface area contributed by atoms with Crippen molar-refractivity contribution in [2.45, 2.75) is 6.42 Å². The van der Waals surface area contributed by atoms with E-state index < -0.39 is 11.6 Å². The first-order valence-corrected chi connectivity index (χ1v) is 5.47. The van der Waals surface area contributed by atoms with E-state index in [1.165, 1.54) is 6.07 Å². The van der Waals surface area contributed by atoms with Crippen molar-refractivity contribution in [3.05, 3.63) is 35.4 Å². The smallest absolute Gasteiger partial charge is 0.162 e. The van der Waals surface area contributed by atoms with Crippen LogP contribution in [0.25, 0.3) is 0 Å². The summed E-state index contributed by atoms with van der Waals surface area (Å²) in [5.41, 5.74) is 0.424. The number of likely N-dealkylation sites (tertiary alicyclic amines) is 1. The zero-order valence-electron chi connectivity index (χ0n) is 9.00. The Kier molecular flexibility index (Phi) is 3.51. The van der Waals surface area contributed by atoms with Gasteiger partial charge in [0.2, 0.25) is 0 Å². The van der Waals surface area contributed by atoms with Gasteiger partial charge in [-0.05, 0) is 18.1 Å². The molecule has 0 bridgehead atoms. The molecule has 0 saturated carbocycles.